The van der Waals surface area contributed by atoms with E-state index in [9.17, 15) is 14.4 Å². The number of benzene rings is 1. The third-order valence-corrected chi connectivity index (χ3v) is 5.15. The van der Waals surface area contributed by atoms with E-state index in [2.05, 4.69) is 16.0 Å². The Bertz CT molecular complexity index is 724. The molecule has 2 unspecified atom stereocenters. The van der Waals surface area contributed by atoms with E-state index >= 15 is 0 Å². The average molecular weight is 379 g/mol. The Morgan fingerprint density at radius 1 is 1.31 bits per heavy atom. The van der Waals surface area contributed by atoms with E-state index in [1.807, 2.05) is 6.92 Å². The number of anilines is 1. The molecule has 3 N–H and O–H groups in total. The Labute approximate surface area is 157 Å². The number of rotatable bonds is 4. The molecule has 1 aromatic rings. The molecule has 2 bridgehead atoms. The van der Waals surface area contributed by atoms with Crippen molar-refractivity contribution >= 4 is 35.1 Å². The van der Waals surface area contributed by atoms with Gasteiger partial charge >= 0.3 is 6.03 Å². The Hall–Kier alpha value is -2.28. The van der Waals surface area contributed by atoms with Gasteiger partial charge in [-0.05, 0) is 37.5 Å². The smallest absolute Gasteiger partial charge is 0.322 e. The predicted octanol–water partition coefficient (Wildman–Crippen LogP) is 2.36. The van der Waals surface area contributed by atoms with Crippen LogP contribution in [0.3, 0.4) is 0 Å². The largest absolute Gasteiger partial charge is 0.354 e. The second-order valence-corrected chi connectivity index (χ2v) is 7.09. The number of nitrogens with zero attached hydrogens (tertiary/aromatic N) is 1. The lowest BCUT2D eigenvalue weighted by molar-refractivity contribution is -0.121. The molecule has 0 aliphatic carbocycles. The second kappa shape index (κ2) is 7.95. The van der Waals surface area contributed by atoms with Crippen LogP contribution in [-0.4, -0.2) is 47.9 Å². The molecule has 2 heterocycles. The number of halogens is 1. The zero-order valence-corrected chi connectivity index (χ0v) is 15.4. The van der Waals surface area contributed by atoms with Crippen molar-refractivity contribution < 1.29 is 14.4 Å². The van der Waals surface area contributed by atoms with Gasteiger partial charge in [0.2, 0.25) is 5.91 Å². The average Bonchev–Trinajstić information content (AvgIpc) is 2.93. The van der Waals surface area contributed by atoms with Crippen LogP contribution in [0.5, 0.6) is 0 Å². The minimum atomic E-state index is -0.290. The summed E-state index contributed by atoms with van der Waals surface area (Å²) in [5.74, 6) is -0.230. The molecule has 8 heteroatoms. The maximum absolute atomic E-state index is 12.8. The number of hydrogen-bond acceptors (Lipinski definition) is 3. The van der Waals surface area contributed by atoms with E-state index in [-0.39, 0.29) is 29.9 Å². The van der Waals surface area contributed by atoms with E-state index in [1.165, 1.54) is 0 Å². The molecule has 140 valence electrons. The first-order valence-electron chi connectivity index (χ1n) is 8.93. The quantitative estimate of drug-likeness (QED) is 0.751. The summed E-state index contributed by atoms with van der Waals surface area (Å²) in [6.45, 7) is 3.03. The lowest BCUT2D eigenvalue weighted by atomic mass is 10.1. The van der Waals surface area contributed by atoms with Crippen molar-refractivity contribution in [2.24, 2.45) is 0 Å². The molecule has 0 saturated carbocycles. The highest BCUT2D eigenvalue weighted by molar-refractivity contribution is 6.33. The molecule has 0 aromatic heterocycles. The number of hydrogen-bond donors (Lipinski definition) is 3. The minimum absolute atomic E-state index is 0.0127. The number of carbonyl (C=O) groups is 3. The van der Waals surface area contributed by atoms with Gasteiger partial charge in [-0.2, -0.15) is 0 Å². The van der Waals surface area contributed by atoms with Crippen LogP contribution in [0.4, 0.5) is 10.5 Å². The third kappa shape index (κ3) is 3.93. The van der Waals surface area contributed by atoms with Crippen molar-refractivity contribution in [3.05, 3.63) is 28.8 Å². The molecule has 1 aromatic carbocycles. The van der Waals surface area contributed by atoms with Crippen LogP contribution in [0.1, 0.15) is 43.0 Å². The predicted molar refractivity (Wildman–Crippen MR) is 99.4 cm³/mol. The summed E-state index contributed by atoms with van der Waals surface area (Å²) in [7, 11) is 0. The van der Waals surface area contributed by atoms with Gasteiger partial charge in [-0.25, -0.2) is 4.79 Å². The molecule has 0 radical (unpaired) electrons. The Kier molecular flexibility index (Phi) is 5.66. The van der Waals surface area contributed by atoms with Crippen molar-refractivity contribution in [3.63, 3.8) is 0 Å². The van der Waals surface area contributed by atoms with E-state index in [0.717, 1.165) is 19.3 Å². The highest BCUT2D eigenvalue weighted by atomic mass is 35.5. The molecule has 0 spiro atoms. The molecule has 2 saturated heterocycles. The van der Waals surface area contributed by atoms with Gasteiger partial charge in [0.1, 0.15) is 0 Å². The van der Waals surface area contributed by atoms with Crippen molar-refractivity contribution in [1.29, 1.82) is 0 Å². The highest BCUT2D eigenvalue weighted by Gasteiger charge is 2.40. The van der Waals surface area contributed by atoms with Gasteiger partial charge in [0.15, 0.2) is 0 Å². The monoisotopic (exact) mass is 378 g/mol. The van der Waals surface area contributed by atoms with Gasteiger partial charge in [-0.3, -0.25) is 9.59 Å². The summed E-state index contributed by atoms with van der Waals surface area (Å²) in [5, 5.41) is 8.81. The Balaban J connectivity index is 1.74. The van der Waals surface area contributed by atoms with Gasteiger partial charge in [-0.15, -0.1) is 0 Å². The van der Waals surface area contributed by atoms with Crippen LogP contribution >= 0.6 is 11.6 Å². The fourth-order valence-corrected chi connectivity index (χ4v) is 3.66. The highest BCUT2D eigenvalue weighted by Crippen LogP contribution is 2.30. The normalized spacial score (nSPS) is 21.8. The number of fused-ring (bicyclic) bond motifs is 2. The summed E-state index contributed by atoms with van der Waals surface area (Å²) in [6, 6.07) is 4.40. The first-order valence-corrected chi connectivity index (χ1v) is 9.31. The fourth-order valence-electron chi connectivity index (χ4n) is 3.49. The molecule has 2 atom stereocenters. The molecule has 2 aliphatic heterocycles. The summed E-state index contributed by atoms with van der Waals surface area (Å²) < 4.78 is 0. The van der Waals surface area contributed by atoms with Crippen LogP contribution in [0.25, 0.3) is 0 Å². The van der Waals surface area contributed by atoms with Crippen LogP contribution in [0, 0.1) is 0 Å². The molecule has 2 aliphatic rings. The van der Waals surface area contributed by atoms with Crippen LogP contribution in [-0.2, 0) is 4.79 Å². The lowest BCUT2D eigenvalue weighted by Crippen LogP contribution is -2.44. The first kappa shape index (κ1) is 18.5. The van der Waals surface area contributed by atoms with Gasteiger partial charge in [0.25, 0.3) is 5.91 Å². The number of carbonyl (C=O) groups excluding carboxylic acids is 3. The Morgan fingerprint density at radius 2 is 2.08 bits per heavy atom. The maximum Gasteiger partial charge on any atom is 0.322 e. The standard InChI is InChI=1S/C18H23ClN4O3/c1-2-7-20-17(25)11-3-6-14(19)15(8-11)22-18(26)23-12-4-5-13(23)10-21-16(24)9-12/h3,6,8,12-13H,2,4-5,7,9-10H2,1H3,(H,20,25)(H,21,24)(H,22,26). The van der Waals surface area contributed by atoms with Crippen molar-refractivity contribution in [3.8, 4) is 0 Å². The topological polar surface area (TPSA) is 90.5 Å². The zero-order valence-electron chi connectivity index (χ0n) is 14.7. The number of nitrogens with one attached hydrogen (secondary N) is 3. The maximum atomic E-state index is 12.8. The van der Waals surface area contributed by atoms with Gasteiger partial charge in [-0.1, -0.05) is 18.5 Å². The molecular weight excluding hydrogens is 356 g/mol. The van der Waals surface area contributed by atoms with Crippen LogP contribution < -0.4 is 16.0 Å². The number of urea groups is 1. The molecular formula is C18H23ClN4O3. The Morgan fingerprint density at radius 3 is 2.85 bits per heavy atom. The molecule has 3 rings (SSSR count). The zero-order chi connectivity index (χ0) is 18.7. The summed E-state index contributed by atoms with van der Waals surface area (Å²) in [5.41, 5.74) is 0.831. The third-order valence-electron chi connectivity index (χ3n) is 4.82. The van der Waals surface area contributed by atoms with Crippen molar-refractivity contribution in [2.45, 2.75) is 44.7 Å². The molecule has 2 fully saturated rings. The number of amides is 4. The van der Waals surface area contributed by atoms with E-state index in [1.54, 1.807) is 23.1 Å². The van der Waals surface area contributed by atoms with Crippen LogP contribution in [0.2, 0.25) is 5.02 Å². The van der Waals surface area contributed by atoms with Gasteiger partial charge in [0.05, 0.1) is 16.8 Å². The summed E-state index contributed by atoms with van der Waals surface area (Å²) in [4.78, 5) is 38.4. The van der Waals surface area contributed by atoms with Gasteiger partial charge in [0, 0.05) is 31.1 Å². The van der Waals surface area contributed by atoms with E-state index < -0.39 is 0 Å². The second-order valence-electron chi connectivity index (χ2n) is 6.68. The SMILES string of the molecule is CCCNC(=O)c1ccc(Cl)c(NC(=O)N2C3CCC2CC(=O)NC3)c1. The fraction of sp³-hybridized carbons (Fsp3) is 0.500. The molecule has 26 heavy (non-hydrogen) atoms. The lowest BCUT2D eigenvalue weighted by Gasteiger charge is -2.27. The van der Waals surface area contributed by atoms with Crippen LogP contribution in [0.15, 0.2) is 18.2 Å². The minimum Gasteiger partial charge on any atom is -0.354 e. The summed E-state index contributed by atoms with van der Waals surface area (Å²) >= 11 is 6.20. The first-order chi connectivity index (χ1) is 12.5. The van der Waals surface area contributed by atoms with E-state index in [0.29, 0.717) is 35.8 Å². The molecule has 4 amide bonds. The van der Waals surface area contributed by atoms with Gasteiger partial charge < -0.3 is 20.9 Å². The van der Waals surface area contributed by atoms with Crippen molar-refractivity contribution in [1.82, 2.24) is 15.5 Å². The van der Waals surface area contributed by atoms with Crippen molar-refractivity contribution in [2.75, 3.05) is 18.4 Å². The summed E-state index contributed by atoms with van der Waals surface area (Å²) in [6.07, 6.45) is 2.84. The van der Waals surface area contributed by atoms with E-state index in [4.69, 9.17) is 11.6 Å². The molecule has 7 nitrogen and oxygen atoms in total.